The monoisotopic (exact) mass is 310 g/mol. The standard InChI is InChI=1S/C13H12BrClN2/c14-12-7-11(4-3-10(12)8-15)17-6-5-13(16-17)9-1-2-9/h3-7,9H,1-2,8H2. The fourth-order valence-electron chi connectivity index (χ4n) is 1.87. The van der Waals surface area contributed by atoms with Gasteiger partial charge in [-0.25, -0.2) is 4.68 Å². The first-order chi connectivity index (χ1) is 8.28. The molecule has 1 aromatic carbocycles. The normalized spacial score (nSPS) is 15.2. The summed E-state index contributed by atoms with van der Waals surface area (Å²) in [5.41, 5.74) is 3.38. The fraction of sp³-hybridized carbons (Fsp3) is 0.308. The van der Waals surface area contributed by atoms with Gasteiger partial charge in [-0.3, -0.25) is 0 Å². The molecule has 3 rings (SSSR count). The number of nitrogens with zero attached hydrogens (tertiary/aromatic N) is 2. The van der Waals surface area contributed by atoms with Crippen molar-refractivity contribution in [1.82, 2.24) is 9.78 Å². The van der Waals surface area contributed by atoms with E-state index < -0.39 is 0 Å². The molecule has 0 saturated heterocycles. The summed E-state index contributed by atoms with van der Waals surface area (Å²) < 4.78 is 2.96. The molecule has 0 N–H and O–H groups in total. The van der Waals surface area contributed by atoms with E-state index in [1.165, 1.54) is 18.5 Å². The highest BCUT2D eigenvalue weighted by atomic mass is 79.9. The number of hydrogen-bond donors (Lipinski definition) is 0. The topological polar surface area (TPSA) is 17.8 Å². The molecule has 0 bridgehead atoms. The number of hydrogen-bond acceptors (Lipinski definition) is 1. The first kappa shape index (κ1) is 11.3. The summed E-state index contributed by atoms with van der Waals surface area (Å²) in [5.74, 6) is 1.22. The predicted molar refractivity (Wildman–Crippen MR) is 72.8 cm³/mol. The lowest BCUT2D eigenvalue weighted by Crippen LogP contribution is -1.96. The fourth-order valence-corrected chi connectivity index (χ4v) is 2.77. The van der Waals surface area contributed by atoms with E-state index >= 15 is 0 Å². The molecule has 1 aliphatic carbocycles. The molecule has 0 aliphatic heterocycles. The molecule has 1 aromatic heterocycles. The van der Waals surface area contributed by atoms with E-state index in [4.69, 9.17) is 11.6 Å². The molecule has 0 atom stereocenters. The zero-order valence-corrected chi connectivity index (χ0v) is 11.6. The van der Waals surface area contributed by atoms with Crippen LogP contribution in [0.4, 0.5) is 0 Å². The summed E-state index contributed by atoms with van der Waals surface area (Å²) in [6, 6.07) is 8.25. The summed E-state index contributed by atoms with van der Waals surface area (Å²) in [4.78, 5) is 0. The van der Waals surface area contributed by atoms with Gasteiger partial charge in [0.2, 0.25) is 0 Å². The Kier molecular flexibility index (Phi) is 2.97. The number of rotatable bonds is 3. The molecule has 17 heavy (non-hydrogen) atoms. The first-order valence-corrected chi connectivity index (χ1v) is 7.01. The Bertz CT molecular complexity index is 546. The van der Waals surface area contributed by atoms with Gasteiger partial charge in [0.05, 0.1) is 11.4 Å². The van der Waals surface area contributed by atoms with Crippen LogP contribution in [0.2, 0.25) is 0 Å². The third-order valence-corrected chi connectivity index (χ3v) is 4.08. The van der Waals surface area contributed by atoms with Crippen molar-refractivity contribution in [2.75, 3.05) is 0 Å². The van der Waals surface area contributed by atoms with Crippen molar-refractivity contribution in [1.29, 1.82) is 0 Å². The van der Waals surface area contributed by atoms with Crippen molar-refractivity contribution >= 4 is 27.5 Å². The van der Waals surface area contributed by atoms with E-state index in [0.29, 0.717) is 11.8 Å². The zero-order valence-electron chi connectivity index (χ0n) is 9.24. The number of benzene rings is 1. The third-order valence-electron chi connectivity index (χ3n) is 3.05. The van der Waals surface area contributed by atoms with Gasteiger partial charge >= 0.3 is 0 Å². The highest BCUT2D eigenvalue weighted by Crippen LogP contribution is 2.39. The molecular weight excluding hydrogens is 300 g/mol. The van der Waals surface area contributed by atoms with Crippen molar-refractivity contribution in [3.63, 3.8) is 0 Å². The summed E-state index contributed by atoms with van der Waals surface area (Å²) in [6.07, 6.45) is 4.59. The van der Waals surface area contributed by atoms with E-state index in [0.717, 1.165) is 15.7 Å². The third kappa shape index (κ3) is 2.26. The van der Waals surface area contributed by atoms with Crippen molar-refractivity contribution in [2.24, 2.45) is 0 Å². The van der Waals surface area contributed by atoms with Gasteiger partial charge in [-0.05, 0) is 36.6 Å². The summed E-state index contributed by atoms with van der Waals surface area (Å²) in [6.45, 7) is 0. The maximum Gasteiger partial charge on any atom is 0.0659 e. The summed E-state index contributed by atoms with van der Waals surface area (Å²) in [7, 11) is 0. The minimum absolute atomic E-state index is 0.521. The van der Waals surface area contributed by atoms with Crippen LogP contribution in [-0.4, -0.2) is 9.78 Å². The zero-order chi connectivity index (χ0) is 11.8. The smallest absolute Gasteiger partial charge is 0.0659 e. The Hall–Kier alpha value is -0.800. The van der Waals surface area contributed by atoms with Gasteiger partial charge in [-0.2, -0.15) is 5.10 Å². The maximum absolute atomic E-state index is 5.83. The predicted octanol–water partition coefficient (Wildman–Crippen LogP) is 4.25. The molecule has 1 fully saturated rings. The molecular formula is C13H12BrClN2. The van der Waals surface area contributed by atoms with Crippen molar-refractivity contribution in [2.45, 2.75) is 24.6 Å². The molecule has 2 aromatic rings. The van der Waals surface area contributed by atoms with Crippen LogP contribution in [0.5, 0.6) is 0 Å². The van der Waals surface area contributed by atoms with Crippen LogP contribution in [0.3, 0.4) is 0 Å². The van der Waals surface area contributed by atoms with E-state index in [-0.39, 0.29) is 0 Å². The Labute approximate surface area is 114 Å². The molecule has 4 heteroatoms. The molecule has 2 nitrogen and oxygen atoms in total. The van der Waals surface area contributed by atoms with E-state index in [9.17, 15) is 0 Å². The lowest BCUT2D eigenvalue weighted by Gasteiger charge is -2.05. The van der Waals surface area contributed by atoms with Gasteiger partial charge in [-0.1, -0.05) is 22.0 Å². The van der Waals surface area contributed by atoms with Gasteiger partial charge in [-0.15, -0.1) is 11.6 Å². The Morgan fingerprint density at radius 2 is 2.18 bits per heavy atom. The minimum Gasteiger partial charge on any atom is -0.241 e. The highest BCUT2D eigenvalue weighted by molar-refractivity contribution is 9.10. The Morgan fingerprint density at radius 3 is 2.82 bits per heavy atom. The average molecular weight is 312 g/mol. The lowest BCUT2D eigenvalue weighted by molar-refractivity contribution is 0.836. The SMILES string of the molecule is ClCc1ccc(-n2ccc(C3CC3)n2)cc1Br. The highest BCUT2D eigenvalue weighted by Gasteiger charge is 2.25. The molecule has 1 saturated carbocycles. The molecule has 1 aliphatic rings. The first-order valence-electron chi connectivity index (χ1n) is 5.68. The molecule has 0 unspecified atom stereocenters. The minimum atomic E-state index is 0.521. The average Bonchev–Trinajstić information content (AvgIpc) is 3.07. The van der Waals surface area contributed by atoms with Crippen LogP contribution in [0.1, 0.15) is 30.0 Å². The van der Waals surface area contributed by atoms with Crippen LogP contribution < -0.4 is 0 Å². The molecule has 0 radical (unpaired) electrons. The quantitative estimate of drug-likeness (QED) is 0.775. The summed E-state index contributed by atoms with van der Waals surface area (Å²) >= 11 is 9.36. The largest absolute Gasteiger partial charge is 0.241 e. The van der Waals surface area contributed by atoms with Gasteiger partial charge < -0.3 is 0 Å². The Morgan fingerprint density at radius 1 is 1.35 bits per heavy atom. The van der Waals surface area contributed by atoms with Crippen LogP contribution in [0.25, 0.3) is 5.69 Å². The van der Waals surface area contributed by atoms with Crippen LogP contribution in [0, 0.1) is 0 Å². The second-order valence-corrected chi connectivity index (χ2v) is 5.49. The lowest BCUT2D eigenvalue weighted by atomic mass is 10.2. The molecule has 88 valence electrons. The molecule has 1 heterocycles. The van der Waals surface area contributed by atoms with Gasteiger partial charge in [0.25, 0.3) is 0 Å². The van der Waals surface area contributed by atoms with Gasteiger partial charge in [0.1, 0.15) is 0 Å². The number of halogens is 2. The van der Waals surface area contributed by atoms with Crippen molar-refractivity contribution < 1.29 is 0 Å². The Balaban J connectivity index is 1.93. The van der Waals surface area contributed by atoms with Gasteiger partial charge in [0, 0.05) is 22.5 Å². The second kappa shape index (κ2) is 4.46. The van der Waals surface area contributed by atoms with Crippen LogP contribution >= 0.6 is 27.5 Å². The summed E-state index contributed by atoms with van der Waals surface area (Å²) in [5, 5.41) is 4.60. The van der Waals surface area contributed by atoms with Gasteiger partial charge in [0.15, 0.2) is 0 Å². The van der Waals surface area contributed by atoms with Crippen molar-refractivity contribution in [3.05, 3.63) is 46.2 Å². The van der Waals surface area contributed by atoms with Crippen LogP contribution in [-0.2, 0) is 5.88 Å². The van der Waals surface area contributed by atoms with E-state index in [2.05, 4.69) is 33.2 Å². The van der Waals surface area contributed by atoms with E-state index in [1.807, 2.05) is 23.0 Å². The second-order valence-electron chi connectivity index (χ2n) is 4.37. The number of alkyl halides is 1. The van der Waals surface area contributed by atoms with E-state index in [1.54, 1.807) is 0 Å². The molecule has 0 amide bonds. The number of aromatic nitrogens is 2. The van der Waals surface area contributed by atoms with Crippen LogP contribution in [0.15, 0.2) is 34.9 Å². The maximum atomic E-state index is 5.83. The molecule has 0 spiro atoms. The van der Waals surface area contributed by atoms with Crippen molar-refractivity contribution in [3.8, 4) is 5.69 Å².